The number of nitrogens with zero attached hydrogens (tertiary/aromatic N) is 3. The van der Waals surface area contributed by atoms with Crippen LogP contribution in [0.3, 0.4) is 0 Å². The number of hydrogen-bond acceptors (Lipinski definition) is 6. The van der Waals surface area contributed by atoms with Gasteiger partial charge < -0.3 is 0 Å². The zero-order valence-electron chi connectivity index (χ0n) is 11.2. The van der Waals surface area contributed by atoms with Crippen molar-refractivity contribution in [3.05, 3.63) is 38.9 Å². The van der Waals surface area contributed by atoms with Crippen molar-refractivity contribution in [2.75, 3.05) is 0 Å². The summed E-state index contributed by atoms with van der Waals surface area (Å²) in [7, 11) is -4.03. The molecule has 1 aromatic rings. The van der Waals surface area contributed by atoms with E-state index < -0.39 is 21.2 Å². The zero-order valence-corrected chi connectivity index (χ0v) is 12.0. The SMILES string of the molecule is Cc1cc(C)c(S(=O)(=O)N2C=NNC2[N+](=O)[O-])c(C)c1. The first-order chi connectivity index (χ1) is 9.25. The Hall–Kier alpha value is -2.16. The Morgan fingerprint density at radius 1 is 1.30 bits per heavy atom. The van der Waals surface area contributed by atoms with Crippen molar-refractivity contribution in [2.24, 2.45) is 5.10 Å². The monoisotopic (exact) mass is 298 g/mol. The van der Waals surface area contributed by atoms with E-state index in [1.54, 1.807) is 26.0 Å². The van der Waals surface area contributed by atoms with Gasteiger partial charge in [-0.05, 0) is 31.9 Å². The molecule has 1 aromatic carbocycles. The number of nitrogens with one attached hydrogen (secondary N) is 1. The first-order valence-corrected chi connectivity index (χ1v) is 7.23. The number of rotatable bonds is 3. The Bertz CT molecular complexity index is 675. The highest BCUT2D eigenvalue weighted by atomic mass is 32.2. The van der Waals surface area contributed by atoms with Crippen molar-refractivity contribution >= 4 is 16.4 Å². The summed E-state index contributed by atoms with van der Waals surface area (Å²) in [6.07, 6.45) is -0.693. The zero-order chi connectivity index (χ0) is 15.1. The highest BCUT2D eigenvalue weighted by Crippen LogP contribution is 2.26. The van der Waals surface area contributed by atoms with E-state index in [0.29, 0.717) is 15.4 Å². The summed E-state index contributed by atoms with van der Waals surface area (Å²) in [4.78, 5) is 10.2. The van der Waals surface area contributed by atoms with Crippen LogP contribution in [0.5, 0.6) is 0 Å². The normalized spacial score (nSPS) is 18.1. The molecule has 0 saturated carbocycles. The van der Waals surface area contributed by atoms with E-state index in [1.165, 1.54) is 0 Å². The number of aryl methyl sites for hydroxylation is 3. The van der Waals surface area contributed by atoms with E-state index >= 15 is 0 Å². The van der Waals surface area contributed by atoms with Crippen LogP contribution in [-0.2, 0) is 10.0 Å². The lowest BCUT2D eigenvalue weighted by Crippen LogP contribution is -2.46. The van der Waals surface area contributed by atoms with E-state index in [9.17, 15) is 18.5 Å². The van der Waals surface area contributed by atoms with Crippen LogP contribution in [-0.4, -0.2) is 30.3 Å². The smallest absolute Gasteiger partial charge is 0.261 e. The number of hydrazone groups is 1. The van der Waals surface area contributed by atoms with Crippen LogP contribution in [0.15, 0.2) is 22.1 Å². The van der Waals surface area contributed by atoms with Crippen LogP contribution >= 0.6 is 0 Å². The second-order valence-corrected chi connectivity index (χ2v) is 6.38. The maximum absolute atomic E-state index is 12.6. The van der Waals surface area contributed by atoms with Gasteiger partial charge in [0.1, 0.15) is 6.34 Å². The minimum Gasteiger partial charge on any atom is -0.261 e. The van der Waals surface area contributed by atoms with E-state index in [1.807, 2.05) is 6.92 Å². The molecule has 9 heteroatoms. The van der Waals surface area contributed by atoms with Crippen LogP contribution < -0.4 is 5.43 Å². The molecule has 0 aromatic heterocycles. The fourth-order valence-electron chi connectivity index (χ4n) is 2.29. The van der Waals surface area contributed by atoms with Crippen molar-refractivity contribution in [1.82, 2.24) is 9.73 Å². The molecule has 1 unspecified atom stereocenters. The van der Waals surface area contributed by atoms with Crippen molar-refractivity contribution in [3.63, 3.8) is 0 Å². The van der Waals surface area contributed by atoms with E-state index in [0.717, 1.165) is 11.9 Å². The third-order valence-electron chi connectivity index (χ3n) is 2.94. The van der Waals surface area contributed by atoms with Crippen molar-refractivity contribution in [3.8, 4) is 0 Å². The largest absolute Gasteiger partial charge is 0.394 e. The van der Waals surface area contributed by atoms with Gasteiger partial charge in [-0.1, -0.05) is 17.7 Å². The van der Waals surface area contributed by atoms with Gasteiger partial charge in [-0.3, -0.25) is 10.1 Å². The molecule has 0 radical (unpaired) electrons. The predicted octanol–water partition coefficient (Wildman–Crippen LogP) is 0.709. The molecule has 0 spiro atoms. The standard InChI is InChI=1S/C11H14N4O4S/c1-7-4-8(2)10(9(3)5-7)20(18,19)14-6-12-13-11(14)15(16)17/h4-6,11,13H,1-3H3. The summed E-state index contributed by atoms with van der Waals surface area (Å²) >= 11 is 0. The highest BCUT2D eigenvalue weighted by molar-refractivity contribution is 7.89. The van der Waals surface area contributed by atoms with Gasteiger partial charge in [-0.15, -0.1) is 0 Å². The molecular weight excluding hydrogens is 284 g/mol. The van der Waals surface area contributed by atoms with Crippen LogP contribution in [0.2, 0.25) is 0 Å². The maximum Gasteiger partial charge on any atom is 0.394 e. The minimum absolute atomic E-state index is 0.0742. The van der Waals surface area contributed by atoms with Crippen LogP contribution in [0.1, 0.15) is 16.7 Å². The summed E-state index contributed by atoms with van der Waals surface area (Å²) in [6, 6.07) is 3.45. The van der Waals surface area contributed by atoms with E-state index in [4.69, 9.17) is 0 Å². The number of nitro groups is 1. The molecule has 8 nitrogen and oxygen atoms in total. The fourth-order valence-corrected chi connectivity index (χ4v) is 3.99. The maximum atomic E-state index is 12.6. The lowest BCUT2D eigenvalue weighted by Gasteiger charge is -2.20. The van der Waals surface area contributed by atoms with Crippen molar-refractivity contribution in [1.29, 1.82) is 0 Å². The van der Waals surface area contributed by atoms with Gasteiger partial charge in [0.2, 0.25) is 0 Å². The van der Waals surface area contributed by atoms with Crippen LogP contribution in [0, 0.1) is 30.9 Å². The molecule has 0 amide bonds. The highest BCUT2D eigenvalue weighted by Gasteiger charge is 2.41. The lowest BCUT2D eigenvalue weighted by molar-refractivity contribution is -0.542. The summed E-state index contributed by atoms with van der Waals surface area (Å²) in [5.74, 6) is 0. The van der Waals surface area contributed by atoms with Crippen molar-refractivity contribution in [2.45, 2.75) is 32.0 Å². The third kappa shape index (κ3) is 2.20. The van der Waals surface area contributed by atoms with Crippen LogP contribution in [0.4, 0.5) is 0 Å². The fraction of sp³-hybridized carbons (Fsp3) is 0.364. The number of hydrogen-bond donors (Lipinski definition) is 1. The molecule has 0 saturated heterocycles. The Morgan fingerprint density at radius 3 is 2.35 bits per heavy atom. The topological polar surface area (TPSA) is 105 Å². The Balaban J connectivity index is 2.57. The molecule has 20 heavy (non-hydrogen) atoms. The third-order valence-corrected chi connectivity index (χ3v) is 4.95. The molecule has 1 aliphatic heterocycles. The second-order valence-electron chi connectivity index (χ2n) is 4.60. The molecule has 1 heterocycles. The van der Waals surface area contributed by atoms with Gasteiger partial charge in [-0.2, -0.15) is 9.41 Å². The molecule has 0 bridgehead atoms. The Labute approximate surface area is 116 Å². The average Bonchev–Trinajstić information content (AvgIpc) is 2.75. The van der Waals surface area contributed by atoms with E-state index in [-0.39, 0.29) is 4.90 Å². The average molecular weight is 298 g/mol. The first kappa shape index (κ1) is 14.3. The predicted molar refractivity (Wildman–Crippen MR) is 72.1 cm³/mol. The van der Waals surface area contributed by atoms with Gasteiger partial charge in [0.15, 0.2) is 0 Å². The Kier molecular flexibility index (Phi) is 3.38. The summed E-state index contributed by atoms with van der Waals surface area (Å²) in [6.45, 7) is 5.18. The summed E-state index contributed by atoms with van der Waals surface area (Å²) in [5.41, 5.74) is 4.17. The molecule has 2 rings (SSSR count). The minimum atomic E-state index is -4.03. The Morgan fingerprint density at radius 2 is 1.85 bits per heavy atom. The summed E-state index contributed by atoms with van der Waals surface area (Å²) < 4.78 is 25.8. The molecule has 108 valence electrons. The number of benzene rings is 1. The first-order valence-electron chi connectivity index (χ1n) is 5.78. The molecule has 1 atom stereocenters. The number of sulfonamides is 1. The molecule has 0 fully saturated rings. The van der Waals surface area contributed by atoms with Gasteiger partial charge in [0.25, 0.3) is 10.0 Å². The van der Waals surface area contributed by atoms with Gasteiger partial charge >= 0.3 is 6.29 Å². The quantitative estimate of drug-likeness (QED) is 0.653. The summed E-state index contributed by atoms with van der Waals surface area (Å²) in [5, 5.41) is 14.3. The molecule has 1 N–H and O–H groups in total. The lowest BCUT2D eigenvalue weighted by atomic mass is 10.1. The van der Waals surface area contributed by atoms with Gasteiger partial charge in [0, 0.05) is 0 Å². The molecular formula is C11H14N4O4S. The van der Waals surface area contributed by atoms with Gasteiger partial charge in [0.05, 0.1) is 9.82 Å². The second kappa shape index (κ2) is 4.75. The molecule has 1 aliphatic rings. The van der Waals surface area contributed by atoms with Crippen molar-refractivity contribution < 1.29 is 13.3 Å². The molecule has 0 aliphatic carbocycles. The van der Waals surface area contributed by atoms with Gasteiger partial charge in [-0.25, -0.2) is 13.8 Å². The van der Waals surface area contributed by atoms with E-state index in [2.05, 4.69) is 10.5 Å². The van der Waals surface area contributed by atoms with Crippen LogP contribution in [0.25, 0.3) is 0 Å².